The van der Waals surface area contributed by atoms with Gasteiger partial charge in [-0.3, -0.25) is 0 Å². The Morgan fingerprint density at radius 3 is 2.43 bits per heavy atom. The number of nitrogens with zero attached hydrogens (tertiary/aromatic N) is 2. The minimum absolute atomic E-state index is 0.204. The van der Waals surface area contributed by atoms with Crippen molar-refractivity contribution in [3.05, 3.63) is 18.7 Å². The molecule has 0 saturated heterocycles. The van der Waals surface area contributed by atoms with Gasteiger partial charge < -0.3 is 0 Å². The van der Waals surface area contributed by atoms with Crippen LogP contribution < -0.4 is 4.57 Å². The van der Waals surface area contributed by atoms with Gasteiger partial charge >= 0.3 is 0 Å². The SMILES string of the molecule is CCCCCn1cc[n+](C(C)(C)C)c1. The molecule has 0 atom stereocenters. The van der Waals surface area contributed by atoms with Crippen molar-refractivity contribution in [3.63, 3.8) is 0 Å². The Bertz CT molecular complexity index is 268. The molecular formula is C12H23N2+. The fraction of sp³-hybridized carbons (Fsp3) is 0.750. The third-order valence-corrected chi connectivity index (χ3v) is 2.49. The molecule has 1 heterocycles. The van der Waals surface area contributed by atoms with Crippen LogP contribution in [0.4, 0.5) is 0 Å². The highest BCUT2D eigenvalue weighted by atomic mass is 15.1. The molecule has 0 spiro atoms. The Balaban J connectivity index is 2.51. The second-order valence-corrected chi connectivity index (χ2v) is 4.94. The lowest BCUT2D eigenvalue weighted by atomic mass is 10.1. The first kappa shape index (κ1) is 11.3. The summed E-state index contributed by atoms with van der Waals surface area (Å²) in [4.78, 5) is 0. The maximum atomic E-state index is 2.28. The third-order valence-electron chi connectivity index (χ3n) is 2.49. The smallest absolute Gasteiger partial charge is 0.237 e. The molecular weight excluding hydrogens is 172 g/mol. The van der Waals surface area contributed by atoms with Gasteiger partial charge in [-0.2, -0.15) is 0 Å². The Hall–Kier alpha value is -0.790. The molecule has 0 aliphatic heterocycles. The van der Waals surface area contributed by atoms with Gasteiger partial charge in [0.25, 0.3) is 0 Å². The van der Waals surface area contributed by atoms with E-state index in [1.54, 1.807) is 0 Å². The van der Waals surface area contributed by atoms with Gasteiger partial charge in [-0.1, -0.05) is 13.3 Å². The molecule has 2 nitrogen and oxygen atoms in total. The Labute approximate surface area is 87.6 Å². The van der Waals surface area contributed by atoms with Crippen molar-refractivity contribution < 1.29 is 4.57 Å². The van der Waals surface area contributed by atoms with Gasteiger partial charge in [0, 0.05) is 0 Å². The van der Waals surface area contributed by atoms with Crippen LogP contribution in [0.15, 0.2) is 18.7 Å². The van der Waals surface area contributed by atoms with E-state index < -0.39 is 0 Å². The normalized spacial score (nSPS) is 12.0. The van der Waals surface area contributed by atoms with Crippen molar-refractivity contribution in [1.29, 1.82) is 0 Å². The summed E-state index contributed by atoms with van der Waals surface area (Å²) in [5, 5.41) is 0. The molecule has 14 heavy (non-hydrogen) atoms. The molecule has 0 saturated carbocycles. The fourth-order valence-corrected chi connectivity index (χ4v) is 1.47. The van der Waals surface area contributed by atoms with E-state index in [1.807, 2.05) is 0 Å². The number of imidazole rings is 1. The van der Waals surface area contributed by atoms with Gasteiger partial charge in [-0.05, 0) is 33.6 Å². The topological polar surface area (TPSA) is 8.81 Å². The number of hydrogen-bond donors (Lipinski definition) is 0. The second-order valence-electron chi connectivity index (χ2n) is 4.94. The Morgan fingerprint density at radius 2 is 1.93 bits per heavy atom. The molecule has 2 heteroatoms. The summed E-state index contributed by atoms with van der Waals surface area (Å²) in [5.41, 5.74) is 0.204. The molecule has 0 aliphatic rings. The molecule has 0 aromatic carbocycles. The molecule has 0 amide bonds. The van der Waals surface area contributed by atoms with Gasteiger partial charge in [-0.15, -0.1) is 0 Å². The van der Waals surface area contributed by atoms with Gasteiger partial charge in [0.15, 0.2) is 0 Å². The quantitative estimate of drug-likeness (QED) is 0.516. The van der Waals surface area contributed by atoms with Crippen molar-refractivity contribution in [3.8, 4) is 0 Å². The molecule has 0 N–H and O–H groups in total. The zero-order valence-electron chi connectivity index (χ0n) is 9.95. The average Bonchev–Trinajstić information content (AvgIpc) is 2.52. The molecule has 0 unspecified atom stereocenters. The fourth-order valence-electron chi connectivity index (χ4n) is 1.47. The average molecular weight is 195 g/mol. The Morgan fingerprint density at radius 1 is 1.21 bits per heavy atom. The van der Waals surface area contributed by atoms with Crippen molar-refractivity contribution in [2.75, 3.05) is 0 Å². The number of aryl methyl sites for hydroxylation is 1. The summed E-state index contributed by atoms with van der Waals surface area (Å²) < 4.78 is 4.54. The maximum absolute atomic E-state index is 2.28. The number of unbranched alkanes of at least 4 members (excludes halogenated alkanes) is 2. The van der Waals surface area contributed by atoms with Crippen LogP contribution in [0.3, 0.4) is 0 Å². The summed E-state index contributed by atoms with van der Waals surface area (Å²) in [6.07, 6.45) is 10.4. The van der Waals surface area contributed by atoms with Crippen LogP contribution in [-0.2, 0) is 12.1 Å². The van der Waals surface area contributed by atoms with Gasteiger partial charge in [0.1, 0.15) is 17.9 Å². The van der Waals surface area contributed by atoms with Crippen LogP contribution in [0.5, 0.6) is 0 Å². The standard InChI is InChI=1S/C12H23N2/c1-5-6-7-8-13-9-10-14(11-13)12(2,3)4/h9-11H,5-8H2,1-4H3/q+1. The van der Waals surface area contributed by atoms with Crippen LogP contribution in [0.2, 0.25) is 0 Å². The molecule has 1 rings (SSSR count). The van der Waals surface area contributed by atoms with Crippen molar-refractivity contribution in [2.45, 2.75) is 59.0 Å². The van der Waals surface area contributed by atoms with Crippen molar-refractivity contribution in [2.24, 2.45) is 0 Å². The van der Waals surface area contributed by atoms with Crippen LogP contribution in [0, 0.1) is 0 Å². The summed E-state index contributed by atoms with van der Waals surface area (Å²) in [5.74, 6) is 0. The van der Waals surface area contributed by atoms with Crippen LogP contribution in [-0.4, -0.2) is 4.57 Å². The lowest BCUT2D eigenvalue weighted by molar-refractivity contribution is -0.753. The predicted octanol–water partition coefficient (Wildman–Crippen LogP) is 2.72. The number of aromatic nitrogens is 2. The molecule has 80 valence electrons. The van der Waals surface area contributed by atoms with Crippen LogP contribution in [0.25, 0.3) is 0 Å². The van der Waals surface area contributed by atoms with Crippen LogP contribution >= 0.6 is 0 Å². The third kappa shape index (κ3) is 3.17. The molecule has 1 aromatic heterocycles. The summed E-state index contributed by atoms with van der Waals surface area (Å²) in [6, 6.07) is 0. The van der Waals surface area contributed by atoms with E-state index in [2.05, 4.69) is 55.6 Å². The molecule has 0 bridgehead atoms. The van der Waals surface area contributed by atoms with E-state index in [4.69, 9.17) is 0 Å². The zero-order valence-corrected chi connectivity index (χ0v) is 9.95. The first-order valence-corrected chi connectivity index (χ1v) is 5.61. The van der Waals surface area contributed by atoms with E-state index in [9.17, 15) is 0 Å². The lowest BCUT2D eigenvalue weighted by Gasteiger charge is -2.13. The molecule has 0 fully saturated rings. The second kappa shape index (κ2) is 4.63. The molecule has 0 aliphatic carbocycles. The lowest BCUT2D eigenvalue weighted by Crippen LogP contribution is -2.48. The largest absolute Gasteiger partial charge is 0.244 e. The first-order chi connectivity index (χ1) is 6.54. The van der Waals surface area contributed by atoms with E-state index in [1.165, 1.54) is 19.3 Å². The van der Waals surface area contributed by atoms with Crippen molar-refractivity contribution in [1.82, 2.24) is 4.57 Å². The van der Waals surface area contributed by atoms with Gasteiger partial charge in [0.2, 0.25) is 6.33 Å². The monoisotopic (exact) mass is 195 g/mol. The van der Waals surface area contributed by atoms with E-state index in [0.717, 1.165) is 6.54 Å². The number of rotatable bonds is 4. The van der Waals surface area contributed by atoms with Gasteiger partial charge in [-0.25, -0.2) is 9.13 Å². The van der Waals surface area contributed by atoms with Crippen LogP contribution in [0.1, 0.15) is 47.0 Å². The van der Waals surface area contributed by atoms with E-state index >= 15 is 0 Å². The summed E-state index contributed by atoms with van der Waals surface area (Å²) in [6.45, 7) is 10.1. The highest BCUT2D eigenvalue weighted by Crippen LogP contribution is 2.04. The van der Waals surface area contributed by atoms with Crippen molar-refractivity contribution >= 4 is 0 Å². The maximum Gasteiger partial charge on any atom is 0.244 e. The minimum Gasteiger partial charge on any atom is -0.237 e. The Kier molecular flexibility index (Phi) is 3.73. The predicted molar refractivity (Wildman–Crippen MR) is 59.1 cm³/mol. The number of hydrogen-bond acceptors (Lipinski definition) is 0. The summed E-state index contributed by atoms with van der Waals surface area (Å²) >= 11 is 0. The van der Waals surface area contributed by atoms with E-state index in [0.29, 0.717) is 0 Å². The first-order valence-electron chi connectivity index (χ1n) is 5.61. The van der Waals surface area contributed by atoms with E-state index in [-0.39, 0.29) is 5.54 Å². The highest BCUT2D eigenvalue weighted by molar-refractivity contribution is 4.68. The molecule has 0 radical (unpaired) electrons. The van der Waals surface area contributed by atoms with Gasteiger partial charge in [0.05, 0.1) is 6.54 Å². The zero-order chi connectivity index (χ0) is 10.6. The highest BCUT2D eigenvalue weighted by Gasteiger charge is 2.18. The minimum atomic E-state index is 0.204. The summed E-state index contributed by atoms with van der Waals surface area (Å²) in [7, 11) is 0. The molecule has 1 aromatic rings.